The molecule has 2 N–H and O–H groups in total. The summed E-state index contributed by atoms with van der Waals surface area (Å²) in [6.45, 7) is 5.41. The molecule has 1 aromatic rings. The van der Waals surface area contributed by atoms with Crippen LogP contribution in [0.4, 0.5) is 0 Å². The van der Waals surface area contributed by atoms with Crippen molar-refractivity contribution in [1.82, 2.24) is 4.31 Å². The lowest BCUT2D eigenvalue weighted by Crippen LogP contribution is -2.59. The third-order valence-corrected chi connectivity index (χ3v) is 7.68. The highest BCUT2D eigenvalue weighted by Gasteiger charge is 2.67. The van der Waals surface area contributed by atoms with Crippen molar-refractivity contribution < 1.29 is 22.7 Å². The molecule has 2 aliphatic heterocycles. The van der Waals surface area contributed by atoms with E-state index in [1.807, 2.05) is 0 Å². The van der Waals surface area contributed by atoms with Crippen LogP contribution in [0.2, 0.25) is 0 Å². The predicted octanol–water partition coefficient (Wildman–Crippen LogP) is 0.980. The van der Waals surface area contributed by atoms with Crippen LogP contribution in [0.1, 0.15) is 20.3 Å². The molecular formula is C17H22N2O5S. The van der Waals surface area contributed by atoms with Crippen molar-refractivity contribution in [1.29, 1.82) is 0 Å². The highest BCUT2D eigenvalue weighted by atomic mass is 32.2. The molecular weight excluding hydrogens is 344 g/mol. The zero-order valence-electron chi connectivity index (χ0n) is 14.3. The zero-order valence-corrected chi connectivity index (χ0v) is 15.1. The second-order valence-electron chi connectivity index (χ2n) is 7.84. The average molecular weight is 366 g/mol. The van der Waals surface area contributed by atoms with Crippen LogP contribution in [0.15, 0.2) is 23.1 Å². The van der Waals surface area contributed by atoms with Crippen molar-refractivity contribution in [3.8, 4) is 11.5 Å². The average Bonchev–Trinajstić information content (AvgIpc) is 2.91. The van der Waals surface area contributed by atoms with Gasteiger partial charge in [-0.25, -0.2) is 8.42 Å². The topological polar surface area (TPSA) is 98.9 Å². The monoisotopic (exact) mass is 366 g/mol. The van der Waals surface area contributed by atoms with Crippen LogP contribution >= 0.6 is 0 Å². The van der Waals surface area contributed by atoms with E-state index in [9.17, 15) is 13.2 Å². The zero-order chi connectivity index (χ0) is 18.0. The number of nitrogens with two attached hydrogens (primary N) is 1. The largest absolute Gasteiger partial charge is 0.486 e. The van der Waals surface area contributed by atoms with Gasteiger partial charge in [-0.2, -0.15) is 4.31 Å². The number of carbonyl (C=O) groups excluding carboxylic acids is 1. The van der Waals surface area contributed by atoms with E-state index >= 15 is 0 Å². The fourth-order valence-corrected chi connectivity index (χ4v) is 6.24. The molecule has 0 bridgehead atoms. The lowest BCUT2D eigenvalue weighted by Gasteiger charge is -2.54. The first-order valence-electron chi connectivity index (χ1n) is 8.37. The Morgan fingerprint density at radius 1 is 1.24 bits per heavy atom. The lowest BCUT2D eigenvalue weighted by atomic mass is 9.48. The number of carbonyl (C=O) groups is 1. The number of hydrogen-bond donors (Lipinski definition) is 1. The van der Waals surface area contributed by atoms with Crippen molar-refractivity contribution in [3.63, 3.8) is 0 Å². The standard InChI is InChI=1S/C17H22N2O5S/c1-16(2)9-17(15(18)20)10-19(8-14(16)17)25(21,22)11-3-4-12-13(7-11)24-6-5-23-12/h3-4,7,14H,5-6,8-10H2,1-2H3,(H2,18,20)/t14-,17+/m1/s1. The van der Waals surface area contributed by atoms with E-state index in [0.717, 1.165) is 0 Å². The molecule has 4 rings (SSSR count). The molecule has 0 spiro atoms. The van der Waals surface area contributed by atoms with Crippen molar-refractivity contribution >= 4 is 15.9 Å². The summed E-state index contributed by atoms with van der Waals surface area (Å²) in [6, 6.07) is 4.62. The molecule has 7 nitrogen and oxygen atoms in total. The maximum Gasteiger partial charge on any atom is 0.243 e. The summed E-state index contributed by atoms with van der Waals surface area (Å²) in [5.74, 6) is 0.516. The van der Waals surface area contributed by atoms with Crippen LogP contribution in [0.25, 0.3) is 0 Å². The highest BCUT2D eigenvalue weighted by molar-refractivity contribution is 7.89. The molecule has 1 saturated heterocycles. The van der Waals surface area contributed by atoms with Gasteiger partial charge >= 0.3 is 0 Å². The highest BCUT2D eigenvalue weighted by Crippen LogP contribution is 2.63. The van der Waals surface area contributed by atoms with Crippen LogP contribution < -0.4 is 15.2 Å². The number of sulfonamides is 1. The SMILES string of the molecule is CC1(C)C[C@]2(C(N)=O)CN(S(=O)(=O)c3ccc4c(c3)OCCO4)C[C@H]12. The Bertz CT molecular complexity index is 851. The van der Waals surface area contributed by atoms with Gasteiger partial charge in [-0.15, -0.1) is 0 Å². The molecule has 3 aliphatic rings. The van der Waals surface area contributed by atoms with Crippen molar-refractivity contribution in [2.24, 2.45) is 22.5 Å². The van der Waals surface area contributed by atoms with Gasteiger partial charge in [0, 0.05) is 19.2 Å². The number of hydrogen-bond acceptors (Lipinski definition) is 5. The van der Waals surface area contributed by atoms with Gasteiger partial charge in [0.25, 0.3) is 0 Å². The number of amides is 1. The van der Waals surface area contributed by atoms with Crippen LogP contribution in [-0.4, -0.2) is 44.9 Å². The molecule has 1 aliphatic carbocycles. The Balaban J connectivity index is 1.67. The first kappa shape index (κ1) is 16.7. The third-order valence-electron chi connectivity index (χ3n) is 5.87. The Hall–Kier alpha value is -1.80. The minimum Gasteiger partial charge on any atom is -0.486 e. The molecule has 2 atom stereocenters. The van der Waals surface area contributed by atoms with Crippen molar-refractivity contribution in [2.75, 3.05) is 26.3 Å². The molecule has 25 heavy (non-hydrogen) atoms. The first-order chi connectivity index (χ1) is 11.7. The molecule has 8 heteroatoms. The predicted molar refractivity (Wildman–Crippen MR) is 89.7 cm³/mol. The van der Waals surface area contributed by atoms with Gasteiger partial charge in [0.05, 0.1) is 10.3 Å². The maximum atomic E-state index is 13.1. The summed E-state index contributed by atoms with van der Waals surface area (Å²) in [7, 11) is -3.73. The van der Waals surface area contributed by atoms with Crippen molar-refractivity contribution in [3.05, 3.63) is 18.2 Å². The molecule has 0 unspecified atom stereocenters. The summed E-state index contributed by atoms with van der Waals surface area (Å²) in [5, 5.41) is 0. The minimum atomic E-state index is -3.73. The number of primary amides is 1. The minimum absolute atomic E-state index is 0.0514. The molecule has 1 saturated carbocycles. The summed E-state index contributed by atoms with van der Waals surface area (Å²) in [4.78, 5) is 12.2. The van der Waals surface area contributed by atoms with Gasteiger partial charge < -0.3 is 15.2 Å². The molecule has 1 aromatic carbocycles. The third kappa shape index (κ3) is 2.27. The van der Waals surface area contributed by atoms with Crippen LogP contribution in [0.5, 0.6) is 11.5 Å². The van der Waals surface area contributed by atoms with Gasteiger partial charge in [-0.3, -0.25) is 4.79 Å². The summed E-state index contributed by atoms with van der Waals surface area (Å²) >= 11 is 0. The molecule has 2 fully saturated rings. The van der Waals surface area contributed by atoms with Gasteiger partial charge in [-0.1, -0.05) is 13.8 Å². The van der Waals surface area contributed by atoms with E-state index in [4.69, 9.17) is 15.2 Å². The molecule has 2 heterocycles. The summed E-state index contributed by atoms with van der Waals surface area (Å²) < 4.78 is 38.5. The quantitative estimate of drug-likeness (QED) is 0.860. The van der Waals surface area contributed by atoms with E-state index in [0.29, 0.717) is 37.7 Å². The fraction of sp³-hybridized carbons (Fsp3) is 0.588. The second kappa shape index (κ2) is 5.11. The van der Waals surface area contributed by atoms with Gasteiger partial charge in [0.1, 0.15) is 13.2 Å². The first-order valence-corrected chi connectivity index (χ1v) is 9.81. The molecule has 0 aromatic heterocycles. The smallest absolute Gasteiger partial charge is 0.243 e. The van der Waals surface area contributed by atoms with E-state index < -0.39 is 21.3 Å². The number of fused-ring (bicyclic) bond motifs is 2. The Labute approximate surface area is 147 Å². The number of nitrogens with zero attached hydrogens (tertiary/aromatic N) is 1. The molecule has 136 valence electrons. The number of ether oxygens (including phenoxy) is 2. The fourth-order valence-electron chi connectivity index (χ4n) is 4.70. The Morgan fingerprint density at radius 2 is 1.92 bits per heavy atom. The van der Waals surface area contributed by atoms with Crippen molar-refractivity contribution in [2.45, 2.75) is 25.2 Å². The Morgan fingerprint density at radius 3 is 2.52 bits per heavy atom. The van der Waals surface area contributed by atoms with Crippen LogP contribution in [0, 0.1) is 16.7 Å². The molecule has 1 amide bonds. The number of rotatable bonds is 3. The van der Waals surface area contributed by atoms with E-state index in [1.165, 1.54) is 16.4 Å². The number of benzene rings is 1. The van der Waals surface area contributed by atoms with E-state index in [-0.39, 0.29) is 22.8 Å². The second-order valence-corrected chi connectivity index (χ2v) is 9.78. The van der Waals surface area contributed by atoms with Crippen LogP contribution in [0.3, 0.4) is 0 Å². The van der Waals surface area contributed by atoms with E-state index in [1.54, 1.807) is 6.07 Å². The normalized spacial score (nSPS) is 30.4. The van der Waals surface area contributed by atoms with E-state index in [2.05, 4.69) is 13.8 Å². The maximum absolute atomic E-state index is 13.1. The van der Waals surface area contributed by atoms with Gasteiger partial charge in [0.15, 0.2) is 11.5 Å². The van der Waals surface area contributed by atoms with Gasteiger partial charge in [-0.05, 0) is 29.9 Å². The summed E-state index contributed by atoms with van der Waals surface area (Å²) in [6.07, 6.45) is 0.618. The summed E-state index contributed by atoms with van der Waals surface area (Å²) in [5.41, 5.74) is 4.80. The molecule has 0 radical (unpaired) electrons. The van der Waals surface area contributed by atoms with Gasteiger partial charge in [0.2, 0.25) is 15.9 Å². The Kier molecular flexibility index (Phi) is 3.40. The lowest BCUT2D eigenvalue weighted by molar-refractivity contribution is -0.148. The van der Waals surface area contributed by atoms with Crippen LogP contribution in [-0.2, 0) is 14.8 Å².